The second-order valence-corrected chi connectivity index (χ2v) is 8.41. The normalized spacial score (nSPS) is 19.8. The number of aryl methyl sites for hydroxylation is 1. The van der Waals surface area contributed by atoms with Crippen LogP contribution in [0.4, 0.5) is 0 Å². The first kappa shape index (κ1) is 18.3. The highest BCUT2D eigenvalue weighted by atomic mass is 32.2. The zero-order chi connectivity index (χ0) is 17.6. The summed E-state index contributed by atoms with van der Waals surface area (Å²) >= 11 is 1.75. The smallest absolute Gasteiger partial charge is 0.291 e. The summed E-state index contributed by atoms with van der Waals surface area (Å²) in [6, 6.07) is 0. The third-order valence-corrected chi connectivity index (χ3v) is 6.72. The largest absolute Gasteiger partial charge is 0.350 e. The van der Waals surface area contributed by atoms with Gasteiger partial charge in [0.25, 0.3) is 5.91 Å². The van der Waals surface area contributed by atoms with Gasteiger partial charge < -0.3 is 14.7 Å². The quantitative estimate of drug-likeness (QED) is 0.784. The summed E-state index contributed by atoms with van der Waals surface area (Å²) in [6.45, 7) is 4.07. The molecule has 1 aromatic rings. The lowest BCUT2D eigenvalue weighted by molar-refractivity contribution is -0.119. The van der Waals surface area contributed by atoms with Gasteiger partial charge in [-0.15, -0.1) is 11.8 Å². The number of hydrogen-bond donors (Lipinski definition) is 1. The van der Waals surface area contributed by atoms with Crippen molar-refractivity contribution in [3.05, 3.63) is 11.5 Å². The minimum atomic E-state index is -0.170. The predicted octanol–water partition coefficient (Wildman–Crippen LogP) is 3.01. The Morgan fingerprint density at radius 1 is 1.28 bits per heavy atom. The Bertz CT molecular complexity index is 590. The van der Waals surface area contributed by atoms with Gasteiger partial charge in [0.1, 0.15) is 0 Å². The van der Waals surface area contributed by atoms with Gasteiger partial charge in [-0.25, -0.2) is 0 Å². The molecule has 2 aliphatic rings. The van der Waals surface area contributed by atoms with Crippen LogP contribution in [0, 0.1) is 12.8 Å². The van der Waals surface area contributed by atoms with Crippen molar-refractivity contribution in [3.63, 3.8) is 0 Å². The first-order chi connectivity index (χ1) is 12.2. The first-order valence-electron chi connectivity index (χ1n) is 9.28. The Balaban J connectivity index is 1.54. The van der Waals surface area contributed by atoms with Gasteiger partial charge in [0.05, 0.1) is 10.6 Å². The number of hydrogen-bond acceptors (Lipinski definition) is 5. The van der Waals surface area contributed by atoms with Crippen LogP contribution in [-0.4, -0.2) is 47.3 Å². The number of nitrogens with one attached hydrogen (secondary N) is 1. The SMILES string of the molecule is Cc1noc(C(=O)NCC2CCN(C=O)CC2)c1SC1CCCCC1. The molecule has 0 atom stereocenters. The van der Waals surface area contributed by atoms with Gasteiger partial charge in [-0.05, 0) is 38.5 Å². The molecule has 1 saturated heterocycles. The van der Waals surface area contributed by atoms with E-state index in [1.165, 1.54) is 32.1 Å². The number of nitrogens with zero attached hydrogens (tertiary/aromatic N) is 2. The number of likely N-dealkylation sites (tertiary alicyclic amines) is 1. The van der Waals surface area contributed by atoms with E-state index in [1.807, 2.05) is 6.92 Å². The van der Waals surface area contributed by atoms with Crippen molar-refractivity contribution in [2.24, 2.45) is 5.92 Å². The van der Waals surface area contributed by atoms with Crippen molar-refractivity contribution in [1.29, 1.82) is 0 Å². The van der Waals surface area contributed by atoms with Crippen LogP contribution in [0.1, 0.15) is 61.2 Å². The van der Waals surface area contributed by atoms with E-state index in [2.05, 4.69) is 10.5 Å². The van der Waals surface area contributed by atoms with Crippen LogP contribution >= 0.6 is 11.8 Å². The molecule has 3 rings (SSSR count). The van der Waals surface area contributed by atoms with Gasteiger partial charge in [-0.1, -0.05) is 24.4 Å². The number of carbonyl (C=O) groups is 2. The summed E-state index contributed by atoms with van der Waals surface area (Å²) in [5, 5.41) is 7.58. The maximum Gasteiger partial charge on any atom is 0.291 e. The van der Waals surface area contributed by atoms with Crippen LogP contribution < -0.4 is 5.32 Å². The molecule has 1 aromatic heterocycles. The molecule has 1 aliphatic carbocycles. The zero-order valence-corrected chi connectivity index (χ0v) is 15.6. The Morgan fingerprint density at radius 3 is 2.68 bits per heavy atom. The minimum Gasteiger partial charge on any atom is -0.350 e. The van der Waals surface area contributed by atoms with E-state index in [9.17, 15) is 9.59 Å². The monoisotopic (exact) mass is 365 g/mol. The molecule has 0 unspecified atom stereocenters. The molecule has 0 spiro atoms. The van der Waals surface area contributed by atoms with Crippen molar-refractivity contribution in [2.45, 2.75) is 62.0 Å². The molecule has 7 heteroatoms. The van der Waals surface area contributed by atoms with E-state index < -0.39 is 0 Å². The highest BCUT2D eigenvalue weighted by molar-refractivity contribution is 8.00. The summed E-state index contributed by atoms with van der Waals surface area (Å²) in [4.78, 5) is 26.0. The lowest BCUT2D eigenvalue weighted by Gasteiger charge is -2.29. The second kappa shape index (κ2) is 8.74. The standard InChI is InChI=1S/C18H27N3O3S/c1-13-17(25-15-5-3-2-4-6-15)16(24-20-13)18(23)19-11-14-7-9-21(12-22)10-8-14/h12,14-15H,2-11H2,1H3,(H,19,23). The van der Waals surface area contributed by atoms with E-state index in [0.717, 1.165) is 42.9 Å². The van der Waals surface area contributed by atoms with E-state index in [-0.39, 0.29) is 5.91 Å². The molecule has 2 amide bonds. The molecule has 0 radical (unpaired) electrons. The molecule has 1 N–H and O–H groups in total. The van der Waals surface area contributed by atoms with E-state index >= 15 is 0 Å². The average molecular weight is 365 g/mol. The van der Waals surface area contributed by atoms with E-state index in [4.69, 9.17) is 4.52 Å². The van der Waals surface area contributed by atoms with Crippen molar-refractivity contribution >= 4 is 24.1 Å². The summed E-state index contributed by atoms with van der Waals surface area (Å²) < 4.78 is 5.34. The molecule has 6 nitrogen and oxygen atoms in total. The van der Waals surface area contributed by atoms with Gasteiger partial charge in [0, 0.05) is 24.9 Å². The maximum atomic E-state index is 12.6. The molecule has 0 aromatic carbocycles. The van der Waals surface area contributed by atoms with Crippen LogP contribution in [0.15, 0.2) is 9.42 Å². The summed E-state index contributed by atoms with van der Waals surface area (Å²) in [6.07, 6.45) is 9.01. The fourth-order valence-electron chi connectivity index (χ4n) is 3.57. The van der Waals surface area contributed by atoms with Gasteiger partial charge >= 0.3 is 0 Å². The highest BCUT2D eigenvalue weighted by Crippen LogP contribution is 2.37. The molecule has 2 heterocycles. The maximum absolute atomic E-state index is 12.6. The highest BCUT2D eigenvalue weighted by Gasteiger charge is 2.26. The third kappa shape index (κ3) is 4.77. The van der Waals surface area contributed by atoms with Crippen LogP contribution in [0.2, 0.25) is 0 Å². The molecule has 25 heavy (non-hydrogen) atoms. The summed E-state index contributed by atoms with van der Waals surface area (Å²) in [5.41, 5.74) is 0.806. The van der Waals surface area contributed by atoms with Gasteiger partial charge in [-0.2, -0.15) is 0 Å². The second-order valence-electron chi connectivity index (χ2n) is 7.10. The number of rotatable bonds is 6. The van der Waals surface area contributed by atoms with Gasteiger partial charge in [0.15, 0.2) is 0 Å². The van der Waals surface area contributed by atoms with Crippen LogP contribution in [0.3, 0.4) is 0 Å². The van der Waals surface area contributed by atoms with Crippen LogP contribution in [0.25, 0.3) is 0 Å². The average Bonchev–Trinajstić information content (AvgIpc) is 3.01. The van der Waals surface area contributed by atoms with Crippen molar-refractivity contribution in [1.82, 2.24) is 15.4 Å². The molecule has 1 saturated carbocycles. The van der Waals surface area contributed by atoms with E-state index in [1.54, 1.807) is 16.7 Å². The number of amides is 2. The lowest BCUT2D eigenvalue weighted by atomic mass is 9.97. The Kier molecular flexibility index (Phi) is 6.39. The third-order valence-electron chi connectivity index (χ3n) is 5.20. The lowest BCUT2D eigenvalue weighted by Crippen LogP contribution is -2.38. The van der Waals surface area contributed by atoms with Crippen molar-refractivity contribution < 1.29 is 14.1 Å². The number of thioether (sulfide) groups is 1. The molecule has 2 fully saturated rings. The topological polar surface area (TPSA) is 75.4 Å². The fraction of sp³-hybridized carbons (Fsp3) is 0.722. The zero-order valence-electron chi connectivity index (χ0n) is 14.8. The molecule has 1 aliphatic heterocycles. The fourth-order valence-corrected chi connectivity index (χ4v) is 4.92. The van der Waals surface area contributed by atoms with Crippen molar-refractivity contribution in [3.8, 4) is 0 Å². The number of carbonyl (C=O) groups excluding carboxylic acids is 2. The first-order valence-corrected chi connectivity index (χ1v) is 10.2. The molecule has 138 valence electrons. The molecule has 0 bridgehead atoms. The summed E-state index contributed by atoms with van der Waals surface area (Å²) in [5.74, 6) is 0.605. The Morgan fingerprint density at radius 2 is 2.00 bits per heavy atom. The van der Waals surface area contributed by atoms with Gasteiger partial charge in [0.2, 0.25) is 12.2 Å². The number of aromatic nitrogens is 1. The Hall–Kier alpha value is -1.50. The molecular weight excluding hydrogens is 338 g/mol. The van der Waals surface area contributed by atoms with Crippen LogP contribution in [-0.2, 0) is 4.79 Å². The summed E-state index contributed by atoms with van der Waals surface area (Å²) in [7, 11) is 0. The molecular formula is C18H27N3O3S. The Labute approximate surface area is 153 Å². The minimum absolute atomic E-state index is 0.170. The van der Waals surface area contributed by atoms with Crippen LogP contribution in [0.5, 0.6) is 0 Å². The van der Waals surface area contributed by atoms with Crippen molar-refractivity contribution in [2.75, 3.05) is 19.6 Å². The number of piperidine rings is 1. The predicted molar refractivity (Wildman–Crippen MR) is 96.7 cm³/mol. The van der Waals surface area contributed by atoms with E-state index in [0.29, 0.717) is 23.5 Å². The van der Waals surface area contributed by atoms with Gasteiger partial charge in [-0.3, -0.25) is 9.59 Å².